The van der Waals surface area contributed by atoms with Crippen LogP contribution in [-0.2, 0) is 4.79 Å². The standard InChI is InChI=1S/C14H16N2O2/c1-14(6-7-14)10-16-13(17)9-18-12-5-3-2-4-11(12)8-15/h2-5H,6-7,9-10H2,1H3,(H,16,17). The topological polar surface area (TPSA) is 62.1 Å². The van der Waals surface area contributed by atoms with Crippen LogP contribution < -0.4 is 10.1 Å². The molecule has 1 aromatic carbocycles. The maximum Gasteiger partial charge on any atom is 0.257 e. The largest absolute Gasteiger partial charge is 0.482 e. The Morgan fingerprint density at radius 1 is 1.50 bits per heavy atom. The first-order chi connectivity index (χ1) is 8.63. The van der Waals surface area contributed by atoms with Gasteiger partial charge in [0.2, 0.25) is 0 Å². The highest BCUT2D eigenvalue weighted by Gasteiger charge is 2.37. The van der Waals surface area contributed by atoms with Gasteiger partial charge in [-0.05, 0) is 30.4 Å². The summed E-state index contributed by atoms with van der Waals surface area (Å²) in [6, 6.07) is 8.92. The predicted octanol–water partition coefficient (Wildman–Crippen LogP) is 1.85. The predicted molar refractivity (Wildman–Crippen MR) is 67.0 cm³/mol. The molecule has 1 fully saturated rings. The van der Waals surface area contributed by atoms with E-state index in [0.717, 1.165) is 0 Å². The molecule has 2 rings (SSSR count). The number of hydrogen-bond donors (Lipinski definition) is 1. The minimum absolute atomic E-state index is 0.0469. The monoisotopic (exact) mass is 244 g/mol. The average Bonchev–Trinajstić information content (AvgIpc) is 3.13. The van der Waals surface area contributed by atoms with Crippen LogP contribution in [0.4, 0.5) is 0 Å². The van der Waals surface area contributed by atoms with Crippen molar-refractivity contribution >= 4 is 5.91 Å². The van der Waals surface area contributed by atoms with Gasteiger partial charge in [0.1, 0.15) is 11.8 Å². The van der Waals surface area contributed by atoms with E-state index in [1.54, 1.807) is 24.3 Å². The minimum atomic E-state index is -0.143. The highest BCUT2D eigenvalue weighted by atomic mass is 16.5. The van der Waals surface area contributed by atoms with Crippen LogP contribution in [0, 0.1) is 16.7 Å². The van der Waals surface area contributed by atoms with Gasteiger partial charge >= 0.3 is 0 Å². The molecule has 0 unspecified atom stereocenters. The van der Waals surface area contributed by atoms with E-state index in [2.05, 4.69) is 12.2 Å². The van der Waals surface area contributed by atoms with Gasteiger partial charge in [-0.2, -0.15) is 5.26 Å². The zero-order valence-electron chi connectivity index (χ0n) is 10.4. The first kappa shape index (κ1) is 12.4. The number of rotatable bonds is 5. The van der Waals surface area contributed by atoms with Crippen molar-refractivity contribution in [1.82, 2.24) is 5.32 Å². The average molecular weight is 244 g/mol. The molecule has 0 atom stereocenters. The van der Waals surface area contributed by atoms with Gasteiger partial charge in [0.25, 0.3) is 5.91 Å². The van der Waals surface area contributed by atoms with Crippen LogP contribution in [0.5, 0.6) is 5.75 Å². The summed E-state index contributed by atoms with van der Waals surface area (Å²) in [5.41, 5.74) is 0.736. The highest BCUT2D eigenvalue weighted by Crippen LogP contribution is 2.43. The fourth-order valence-corrected chi connectivity index (χ4v) is 1.58. The van der Waals surface area contributed by atoms with Gasteiger partial charge in [-0.25, -0.2) is 0 Å². The van der Waals surface area contributed by atoms with Crippen LogP contribution in [0.3, 0.4) is 0 Å². The van der Waals surface area contributed by atoms with Crippen molar-refractivity contribution in [3.8, 4) is 11.8 Å². The molecule has 0 radical (unpaired) electrons. The normalized spacial score (nSPS) is 15.6. The van der Waals surface area contributed by atoms with Gasteiger partial charge in [-0.1, -0.05) is 19.1 Å². The molecule has 0 heterocycles. The van der Waals surface area contributed by atoms with Crippen molar-refractivity contribution in [2.75, 3.05) is 13.2 Å². The third kappa shape index (κ3) is 3.24. The first-order valence-electron chi connectivity index (χ1n) is 6.02. The Morgan fingerprint density at radius 3 is 2.89 bits per heavy atom. The number of benzene rings is 1. The molecule has 0 aromatic heterocycles. The van der Waals surface area contributed by atoms with Crippen molar-refractivity contribution < 1.29 is 9.53 Å². The van der Waals surface area contributed by atoms with Crippen LogP contribution in [0.2, 0.25) is 0 Å². The smallest absolute Gasteiger partial charge is 0.257 e. The van der Waals surface area contributed by atoms with E-state index in [9.17, 15) is 4.79 Å². The quantitative estimate of drug-likeness (QED) is 0.859. The Balaban J connectivity index is 1.80. The molecule has 4 heteroatoms. The van der Waals surface area contributed by atoms with Crippen molar-refractivity contribution in [3.05, 3.63) is 29.8 Å². The third-order valence-corrected chi connectivity index (χ3v) is 3.18. The molecular formula is C14H16N2O2. The Morgan fingerprint density at radius 2 is 2.22 bits per heavy atom. The van der Waals surface area contributed by atoms with Crippen LogP contribution in [0.1, 0.15) is 25.3 Å². The molecule has 0 saturated heterocycles. The molecule has 0 aliphatic heterocycles. The maximum atomic E-state index is 11.6. The SMILES string of the molecule is CC1(CNC(=O)COc2ccccc2C#N)CC1. The Bertz CT molecular complexity index is 487. The number of amides is 1. The van der Waals surface area contributed by atoms with Crippen LogP contribution in [0.25, 0.3) is 0 Å². The van der Waals surface area contributed by atoms with Crippen molar-refractivity contribution in [2.24, 2.45) is 5.41 Å². The number of para-hydroxylation sites is 1. The van der Waals surface area contributed by atoms with Gasteiger partial charge in [-0.15, -0.1) is 0 Å². The number of hydrogen-bond acceptors (Lipinski definition) is 3. The maximum absolute atomic E-state index is 11.6. The first-order valence-corrected chi connectivity index (χ1v) is 6.02. The molecule has 0 spiro atoms. The fraction of sp³-hybridized carbons (Fsp3) is 0.429. The van der Waals surface area contributed by atoms with Crippen molar-refractivity contribution in [1.29, 1.82) is 5.26 Å². The molecule has 0 bridgehead atoms. The van der Waals surface area contributed by atoms with Crippen molar-refractivity contribution in [3.63, 3.8) is 0 Å². The summed E-state index contributed by atoms with van der Waals surface area (Å²) in [7, 11) is 0. The molecule has 1 saturated carbocycles. The van der Waals surface area contributed by atoms with Crippen molar-refractivity contribution in [2.45, 2.75) is 19.8 Å². The summed E-state index contributed by atoms with van der Waals surface area (Å²) in [5.74, 6) is 0.309. The Hall–Kier alpha value is -2.02. The van der Waals surface area contributed by atoms with Crippen LogP contribution in [0.15, 0.2) is 24.3 Å². The van der Waals surface area contributed by atoms with Gasteiger partial charge in [0.05, 0.1) is 5.56 Å². The summed E-state index contributed by atoms with van der Waals surface area (Å²) < 4.78 is 5.34. The van der Waals surface area contributed by atoms with E-state index in [1.807, 2.05) is 6.07 Å². The number of ether oxygens (including phenoxy) is 1. The molecule has 4 nitrogen and oxygen atoms in total. The van der Waals surface area contributed by atoms with E-state index in [4.69, 9.17) is 10.00 Å². The van der Waals surface area contributed by atoms with Crippen LogP contribution >= 0.6 is 0 Å². The number of carbonyl (C=O) groups is 1. The summed E-state index contributed by atoms with van der Waals surface area (Å²) in [5, 5.41) is 11.7. The molecular weight excluding hydrogens is 228 g/mol. The lowest BCUT2D eigenvalue weighted by molar-refractivity contribution is -0.123. The zero-order chi connectivity index (χ0) is 13.0. The third-order valence-electron chi connectivity index (χ3n) is 3.18. The van der Waals surface area contributed by atoms with Gasteiger partial charge < -0.3 is 10.1 Å². The van der Waals surface area contributed by atoms with E-state index >= 15 is 0 Å². The zero-order valence-corrected chi connectivity index (χ0v) is 10.4. The molecule has 1 aromatic rings. The Kier molecular flexibility index (Phi) is 3.52. The van der Waals surface area contributed by atoms with E-state index < -0.39 is 0 Å². The van der Waals surface area contributed by atoms with Gasteiger partial charge in [0, 0.05) is 6.54 Å². The summed E-state index contributed by atoms with van der Waals surface area (Å²) >= 11 is 0. The second kappa shape index (κ2) is 5.09. The number of nitriles is 1. The lowest BCUT2D eigenvalue weighted by atomic mass is 10.1. The Labute approximate surface area is 107 Å². The van der Waals surface area contributed by atoms with Gasteiger partial charge in [-0.3, -0.25) is 4.79 Å². The lowest BCUT2D eigenvalue weighted by Crippen LogP contribution is -2.33. The van der Waals surface area contributed by atoms with E-state index in [-0.39, 0.29) is 12.5 Å². The van der Waals surface area contributed by atoms with E-state index in [1.165, 1.54) is 12.8 Å². The summed E-state index contributed by atoms with van der Waals surface area (Å²) in [6.45, 7) is 2.81. The molecule has 1 N–H and O–H groups in total. The number of nitrogens with one attached hydrogen (secondary N) is 1. The lowest BCUT2D eigenvalue weighted by Gasteiger charge is -2.11. The fourth-order valence-electron chi connectivity index (χ4n) is 1.58. The molecule has 1 aliphatic rings. The molecule has 1 aliphatic carbocycles. The van der Waals surface area contributed by atoms with Crippen LogP contribution in [-0.4, -0.2) is 19.1 Å². The minimum Gasteiger partial charge on any atom is -0.482 e. The molecule has 18 heavy (non-hydrogen) atoms. The number of carbonyl (C=O) groups excluding carboxylic acids is 1. The summed E-state index contributed by atoms with van der Waals surface area (Å²) in [4.78, 5) is 11.6. The van der Waals surface area contributed by atoms with E-state index in [0.29, 0.717) is 23.3 Å². The second-order valence-corrected chi connectivity index (χ2v) is 4.98. The molecule has 1 amide bonds. The number of nitrogens with zero attached hydrogens (tertiary/aromatic N) is 1. The molecule has 94 valence electrons. The second-order valence-electron chi connectivity index (χ2n) is 4.98. The van der Waals surface area contributed by atoms with Gasteiger partial charge in [0.15, 0.2) is 6.61 Å². The highest BCUT2D eigenvalue weighted by molar-refractivity contribution is 5.77. The summed E-state index contributed by atoms with van der Waals surface area (Å²) in [6.07, 6.45) is 2.34.